The SMILES string of the molecule is C[C@@H](NC(=O)COC(=O)c1cc(F)c(Cl)cc1Cl)c1cccs1. The van der Waals surface area contributed by atoms with E-state index >= 15 is 0 Å². The Bertz CT molecular complexity index is 722. The van der Waals surface area contributed by atoms with E-state index in [2.05, 4.69) is 5.32 Å². The predicted molar refractivity (Wildman–Crippen MR) is 87.6 cm³/mol. The summed E-state index contributed by atoms with van der Waals surface area (Å²) in [6.45, 7) is 1.33. The third kappa shape index (κ3) is 4.67. The quantitative estimate of drug-likeness (QED) is 0.628. The number of thiophene rings is 1. The molecular formula is C15H12Cl2FNO3S. The minimum Gasteiger partial charge on any atom is -0.452 e. The molecule has 23 heavy (non-hydrogen) atoms. The van der Waals surface area contributed by atoms with Crippen LogP contribution in [-0.2, 0) is 9.53 Å². The van der Waals surface area contributed by atoms with Crippen LogP contribution in [0.2, 0.25) is 10.0 Å². The van der Waals surface area contributed by atoms with Crippen molar-refractivity contribution in [3.63, 3.8) is 0 Å². The number of hydrogen-bond donors (Lipinski definition) is 1. The van der Waals surface area contributed by atoms with Crippen molar-refractivity contribution in [2.24, 2.45) is 0 Å². The zero-order chi connectivity index (χ0) is 17.0. The topological polar surface area (TPSA) is 55.4 Å². The highest BCUT2D eigenvalue weighted by Gasteiger charge is 2.17. The lowest BCUT2D eigenvalue weighted by molar-refractivity contribution is -0.124. The first kappa shape index (κ1) is 17.7. The number of hydrogen-bond acceptors (Lipinski definition) is 4. The van der Waals surface area contributed by atoms with Gasteiger partial charge < -0.3 is 10.1 Å². The monoisotopic (exact) mass is 375 g/mol. The molecule has 1 heterocycles. The Morgan fingerprint density at radius 1 is 1.35 bits per heavy atom. The smallest absolute Gasteiger partial charge is 0.340 e. The van der Waals surface area contributed by atoms with Crippen molar-refractivity contribution in [3.8, 4) is 0 Å². The molecule has 1 aromatic heterocycles. The maximum atomic E-state index is 13.4. The van der Waals surface area contributed by atoms with Crippen LogP contribution >= 0.6 is 34.5 Å². The second-order valence-corrected chi connectivity index (χ2v) is 6.42. The summed E-state index contributed by atoms with van der Waals surface area (Å²) in [6, 6.07) is 5.54. The van der Waals surface area contributed by atoms with Gasteiger partial charge in [-0.25, -0.2) is 9.18 Å². The standard InChI is InChI=1S/C15H12Cl2FNO3S/c1-8(13-3-2-4-23-13)19-14(20)7-22-15(21)9-5-12(18)11(17)6-10(9)16/h2-6,8H,7H2,1H3,(H,19,20)/t8-/m1/s1. The van der Waals surface area contributed by atoms with Gasteiger partial charge in [-0.15, -0.1) is 11.3 Å². The van der Waals surface area contributed by atoms with E-state index in [-0.39, 0.29) is 21.7 Å². The van der Waals surface area contributed by atoms with Gasteiger partial charge in [0.05, 0.1) is 21.7 Å². The fourth-order valence-electron chi connectivity index (χ4n) is 1.78. The van der Waals surface area contributed by atoms with Gasteiger partial charge in [0, 0.05) is 4.88 Å². The molecule has 8 heteroatoms. The molecule has 1 N–H and O–H groups in total. The zero-order valence-corrected chi connectivity index (χ0v) is 14.3. The van der Waals surface area contributed by atoms with Crippen LogP contribution in [0.4, 0.5) is 4.39 Å². The number of halogens is 3. The lowest BCUT2D eigenvalue weighted by atomic mass is 10.2. The first-order valence-electron chi connectivity index (χ1n) is 6.53. The van der Waals surface area contributed by atoms with Crippen molar-refractivity contribution in [1.29, 1.82) is 0 Å². The highest BCUT2D eigenvalue weighted by atomic mass is 35.5. The summed E-state index contributed by atoms with van der Waals surface area (Å²) in [7, 11) is 0. The van der Waals surface area contributed by atoms with Crippen LogP contribution in [0.15, 0.2) is 29.6 Å². The van der Waals surface area contributed by atoms with Crippen molar-refractivity contribution in [2.75, 3.05) is 6.61 Å². The number of benzene rings is 1. The van der Waals surface area contributed by atoms with Crippen LogP contribution in [0.5, 0.6) is 0 Å². The van der Waals surface area contributed by atoms with E-state index in [0.717, 1.165) is 17.0 Å². The summed E-state index contributed by atoms with van der Waals surface area (Å²) < 4.78 is 18.2. The van der Waals surface area contributed by atoms with Crippen molar-refractivity contribution >= 4 is 46.4 Å². The first-order chi connectivity index (χ1) is 10.9. The Kier molecular flexibility index (Phi) is 5.98. The molecule has 0 spiro atoms. The third-order valence-corrected chi connectivity index (χ3v) is 4.57. The molecule has 1 amide bonds. The van der Waals surface area contributed by atoms with Crippen molar-refractivity contribution in [3.05, 3.63) is 55.9 Å². The Morgan fingerprint density at radius 3 is 2.74 bits per heavy atom. The molecule has 1 atom stereocenters. The van der Waals surface area contributed by atoms with E-state index in [1.54, 1.807) is 0 Å². The van der Waals surface area contributed by atoms with Crippen molar-refractivity contribution < 1.29 is 18.7 Å². The number of rotatable bonds is 5. The molecule has 2 aromatic rings. The Balaban J connectivity index is 1.91. The summed E-state index contributed by atoms with van der Waals surface area (Å²) in [5, 5.41) is 4.34. The molecule has 0 aliphatic carbocycles. The predicted octanol–water partition coefficient (Wildman–Crippen LogP) is 4.23. The summed E-state index contributed by atoms with van der Waals surface area (Å²) in [5.74, 6) is -2.16. The van der Waals surface area contributed by atoms with Gasteiger partial charge >= 0.3 is 5.97 Å². The van der Waals surface area contributed by atoms with Gasteiger partial charge in [-0.05, 0) is 30.5 Å². The second kappa shape index (κ2) is 7.77. The number of esters is 1. The van der Waals surface area contributed by atoms with Gasteiger partial charge in [0.15, 0.2) is 6.61 Å². The van der Waals surface area contributed by atoms with Crippen LogP contribution in [0.3, 0.4) is 0 Å². The average Bonchev–Trinajstić information content (AvgIpc) is 3.03. The van der Waals surface area contributed by atoms with Crippen LogP contribution in [0, 0.1) is 5.82 Å². The molecule has 0 bridgehead atoms. The summed E-state index contributed by atoms with van der Waals surface area (Å²) >= 11 is 12.9. The minimum absolute atomic E-state index is 0.0474. The molecule has 0 aliphatic heterocycles. The Morgan fingerprint density at radius 2 is 2.09 bits per heavy atom. The molecule has 0 fully saturated rings. The van der Waals surface area contributed by atoms with E-state index < -0.39 is 24.3 Å². The summed E-state index contributed by atoms with van der Waals surface area (Å²) in [5.41, 5.74) is -0.187. The second-order valence-electron chi connectivity index (χ2n) is 4.63. The fraction of sp³-hybridized carbons (Fsp3) is 0.200. The van der Waals surface area contributed by atoms with E-state index in [0.29, 0.717) is 0 Å². The molecule has 2 rings (SSSR count). The van der Waals surface area contributed by atoms with Crippen molar-refractivity contribution in [1.82, 2.24) is 5.32 Å². The van der Waals surface area contributed by atoms with Crippen LogP contribution in [-0.4, -0.2) is 18.5 Å². The number of carbonyl (C=O) groups excluding carboxylic acids is 2. The molecule has 0 unspecified atom stereocenters. The highest BCUT2D eigenvalue weighted by Crippen LogP contribution is 2.25. The Hall–Kier alpha value is -1.63. The third-order valence-electron chi connectivity index (χ3n) is 2.91. The maximum absolute atomic E-state index is 13.4. The molecule has 1 aromatic carbocycles. The van der Waals surface area contributed by atoms with Gasteiger partial charge in [0.2, 0.25) is 0 Å². The lowest BCUT2D eigenvalue weighted by Gasteiger charge is -2.12. The van der Waals surface area contributed by atoms with Crippen molar-refractivity contribution in [2.45, 2.75) is 13.0 Å². The first-order valence-corrected chi connectivity index (χ1v) is 8.16. The minimum atomic E-state index is -0.899. The van der Waals surface area contributed by atoms with Crippen LogP contribution < -0.4 is 5.32 Å². The Labute approximate surface area is 146 Å². The summed E-state index contributed by atoms with van der Waals surface area (Å²) in [6.07, 6.45) is 0. The van der Waals surface area contributed by atoms with Gasteiger partial charge in [-0.3, -0.25) is 4.79 Å². The molecule has 0 aliphatic rings. The van der Waals surface area contributed by atoms with Crippen LogP contribution in [0.25, 0.3) is 0 Å². The number of amides is 1. The molecule has 122 valence electrons. The molecule has 4 nitrogen and oxygen atoms in total. The van der Waals surface area contributed by atoms with Gasteiger partial charge in [0.1, 0.15) is 5.82 Å². The normalized spacial score (nSPS) is 11.8. The summed E-state index contributed by atoms with van der Waals surface area (Å²) in [4.78, 5) is 24.6. The van der Waals surface area contributed by atoms with E-state index in [1.807, 2.05) is 24.4 Å². The maximum Gasteiger partial charge on any atom is 0.340 e. The molecule has 0 saturated carbocycles. The average molecular weight is 376 g/mol. The highest BCUT2D eigenvalue weighted by molar-refractivity contribution is 7.10. The number of carbonyl (C=O) groups is 2. The van der Waals surface area contributed by atoms with E-state index in [1.165, 1.54) is 11.3 Å². The fourth-order valence-corrected chi connectivity index (χ4v) is 2.97. The van der Waals surface area contributed by atoms with Gasteiger partial charge in [-0.1, -0.05) is 29.3 Å². The number of nitrogens with one attached hydrogen (secondary N) is 1. The van der Waals surface area contributed by atoms with Crippen LogP contribution in [0.1, 0.15) is 28.2 Å². The van der Waals surface area contributed by atoms with E-state index in [4.69, 9.17) is 27.9 Å². The molecular weight excluding hydrogens is 364 g/mol. The van der Waals surface area contributed by atoms with E-state index in [9.17, 15) is 14.0 Å². The largest absolute Gasteiger partial charge is 0.452 e. The zero-order valence-electron chi connectivity index (χ0n) is 11.9. The lowest BCUT2D eigenvalue weighted by Crippen LogP contribution is -2.30. The number of ether oxygens (including phenoxy) is 1. The molecule has 0 saturated heterocycles. The van der Waals surface area contributed by atoms with Gasteiger partial charge in [0.25, 0.3) is 5.91 Å². The van der Waals surface area contributed by atoms with Gasteiger partial charge in [-0.2, -0.15) is 0 Å². The molecule has 0 radical (unpaired) electrons.